The molecule has 0 fully saturated rings. The summed E-state index contributed by atoms with van der Waals surface area (Å²) in [4.78, 5) is 0. The summed E-state index contributed by atoms with van der Waals surface area (Å²) < 4.78 is 5.97. The summed E-state index contributed by atoms with van der Waals surface area (Å²) in [5.74, 6) is 1.15. The number of allylic oxidation sites excluding steroid dienone is 5. The third-order valence-corrected chi connectivity index (χ3v) is 4.35. The average molecular weight is 262 g/mol. The number of hydrogen-bond acceptors (Lipinski definition) is 1. The molecule has 0 N–H and O–H groups in total. The van der Waals surface area contributed by atoms with Gasteiger partial charge in [0.25, 0.3) is 0 Å². The van der Waals surface area contributed by atoms with Crippen molar-refractivity contribution in [3.8, 4) is 0 Å². The molecule has 0 amide bonds. The molecule has 0 unspecified atom stereocenters. The SMILES string of the molecule is CC1=CC=C(c2ccc3oc4c(c3c2)C=CCC4)CC1. The zero-order chi connectivity index (χ0) is 13.5. The first-order valence-electron chi connectivity index (χ1n) is 7.40. The molecule has 100 valence electrons. The monoisotopic (exact) mass is 262 g/mol. The van der Waals surface area contributed by atoms with E-state index >= 15 is 0 Å². The van der Waals surface area contributed by atoms with E-state index in [1.165, 1.54) is 34.1 Å². The highest BCUT2D eigenvalue weighted by Crippen LogP contribution is 2.34. The maximum Gasteiger partial charge on any atom is 0.134 e. The highest BCUT2D eigenvalue weighted by molar-refractivity contribution is 5.91. The predicted molar refractivity (Wildman–Crippen MR) is 84.5 cm³/mol. The molecule has 1 aromatic carbocycles. The molecule has 0 saturated heterocycles. The fraction of sp³-hybridized carbons (Fsp3) is 0.263. The zero-order valence-corrected chi connectivity index (χ0v) is 11.8. The fourth-order valence-electron chi connectivity index (χ4n) is 3.13. The lowest BCUT2D eigenvalue weighted by molar-refractivity contribution is 0.546. The summed E-state index contributed by atoms with van der Waals surface area (Å²) in [5, 5.41) is 1.26. The molecule has 0 aliphatic heterocycles. The molecule has 0 bridgehead atoms. The second-order valence-electron chi connectivity index (χ2n) is 5.80. The van der Waals surface area contributed by atoms with Crippen LogP contribution in [0.25, 0.3) is 22.6 Å². The normalized spacial score (nSPS) is 17.9. The fourth-order valence-corrected chi connectivity index (χ4v) is 3.13. The number of furan rings is 1. The number of rotatable bonds is 1. The lowest BCUT2D eigenvalue weighted by Gasteiger charge is -2.12. The largest absolute Gasteiger partial charge is 0.460 e. The molecule has 0 spiro atoms. The summed E-state index contributed by atoms with van der Waals surface area (Å²) in [6.07, 6.45) is 13.4. The Morgan fingerprint density at radius 1 is 1.05 bits per heavy atom. The Morgan fingerprint density at radius 2 is 2.00 bits per heavy atom. The topological polar surface area (TPSA) is 13.1 Å². The smallest absolute Gasteiger partial charge is 0.134 e. The Morgan fingerprint density at radius 3 is 2.85 bits per heavy atom. The minimum Gasteiger partial charge on any atom is -0.460 e. The van der Waals surface area contributed by atoms with Crippen LogP contribution in [-0.2, 0) is 6.42 Å². The molecule has 1 aromatic heterocycles. The average Bonchev–Trinajstić information content (AvgIpc) is 2.86. The summed E-state index contributed by atoms with van der Waals surface area (Å²) in [5.41, 5.74) is 6.55. The molecule has 1 heterocycles. The van der Waals surface area contributed by atoms with Gasteiger partial charge in [-0.25, -0.2) is 0 Å². The van der Waals surface area contributed by atoms with E-state index in [-0.39, 0.29) is 0 Å². The molecular weight excluding hydrogens is 244 g/mol. The second-order valence-corrected chi connectivity index (χ2v) is 5.80. The predicted octanol–water partition coefficient (Wildman–Crippen LogP) is 5.52. The van der Waals surface area contributed by atoms with Crippen LogP contribution in [0.15, 0.2) is 46.4 Å². The van der Waals surface area contributed by atoms with Crippen molar-refractivity contribution in [3.05, 3.63) is 58.9 Å². The third kappa shape index (κ3) is 1.85. The summed E-state index contributed by atoms with van der Waals surface area (Å²) in [6, 6.07) is 6.62. The van der Waals surface area contributed by atoms with Crippen LogP contribution in [0.5, 0.6) is 0 Å². The van der Waals surface area contributed by atoms with Crippen LogP contribution in [0, 0.1) is 0 Å². The summed E-state index contributed by atoms with van der Waals surface area (Å²) in [6.45, 7) is 2.20. The Hall–Kier alpha value is -2.02. The van der Waals surface area contributed by atoms with E-state index in [4.69, 9.17) is 4.42 Å². The maximum absolute atomic E-state index is 5.97. The first-order valence-corrected chi connectivity index (χ1v) is 7.40. The van der Waals surface area contributed by atoms with Crippen molar-refractivity contribution in [2.45, 2.75) is 32.6 Å². The van der Waals surface area contributed by atoms with Crippen LogP contribution in [0.1, 0.15) is 43.1 Å². The van der Waals surface area contributed by atoms with Gasteiger partial charge < -0.3 is 4.42 Å². The van der Waals surface area contributed by atoms with Gasteiger partial charge in [-0.1, -0.05) is 35.9 Å². The van der Waals surface area contributed by atoms with Crippen molar-refractivity contribution in [1.82, 2.24) is 0 Å². The van der Waals surface area contributed by atoms with Gasteiger partial charge in [-0.3, -0.25) is 0 Å². The molecule has 1 heteroatoms. The van der Waals surface area contributed by atoms with E-state index < -0.39 is 0 Å². The van der Waals surface area contributed by atoms with E-state index in [0.717, 1.165) is 30.6 Å². The standard InChI is InChI=1S/C19H18O/c1-13-6-8-14(9-7-13)15-10-11-19-17(12-15)16-4-2-3-5-18(16)20-19/h2,4,6,8,10-12H,3,5,7,9H2,1H3. The second kappa shape index (κ2) is 4.52. The minimum atomic E-state index is 1.02. The van der Waals surface area contributed by atoms with E-state index in [9.17, 15) is 0 Å². The minimum absolute atomic E-state index is 1.02. The van der Waals surface area contributed by atoms with E-state index in [1.807, 2.05) is 0 Å². The molecule has 2 aromatic rings. The van der Waals surface area contributed by atoms with Crippen molar-refractivity contribution in [2.75, 3.05) is 0 Å². The van der Waals surface area contributed by atoms with Gasteiger partial charge >= 0.3 is 0 Å². The Labute approximate surface area is 119 Å². The molecule has 20 heavy (non-hydrogen) atoms. The van der Waals surface area contributed by atoms with Gasteiger partial charge in [0.15, 0.2) is 0 Å². The van der Waals surface area contributed by atoms with Gasteiger partial charge in [-0.05, 0) is 49.5 Å². The van der Waals surface area contributed by atoms with Crippen LogP contribution in [0.4, 0.5) is 0 Å². The van der Waals surface area contributed by atoms with Crippen LogP contribution >= 0.6 is 0 Å². The first kappa shape index (κ1) is 11.8. The van der Waals surface area contributed by atoms with Crippen LogP contribution in [0.2, 0.25) is 0 Å². The van der Waals surface area contributed by atoms with Gasteiger partial charge in [0.05, 0.1) is 0 Å². The van der Waals surface area contributed by atoms with E-state index in [1.54, 1.807) is 0 Å². The molecule has 0 atom stereocenters. The van der Waals surface area contributed by atoms with Crippen LogP contribution in [0.3, 0.4) is 0 Å². The zero-order valence-electron chi connectivity index (χ0n) is 11.8. The van der Waals surface area contributed by atoms with Crippen molar-refractivity contribution in [2.24, 2.45) is 0 Å². The molecule has 2 aliphatic rings. The van der Waals surface area contributed by atoms with Gasteiger partial charge in [0.1, 0.15) is 11.3 Å². The van der Waals surface area contributed by atoms with E-state index in [0.29, 0.717) is 0 Å². The maximum atomic E-state index is 5.97. The number of fused-ring (bicyclic) bond motifs is 3. The molecule has 1 nitrogen and oxygen atoms in total. The van der Waals surface area contributed by atoms with E-state index in [2.05, 4.69) is 49.4 Å². The highest BCUT2D eigenvalue weighted by Gasteiger charge is 2.15. The van der Waals surface area contributed by atoms with Crippen molar-refractivity contribution in [1.29, 1.82) is 0 Å². The Balaban J connectivity index is 1.85. The number of aryl methyl sites for hydroxylation is 1. The lowest BCUT2D eigenvalue weighted by Crippen LogP contribution is -1.91. The lowest BCUT2D eigenvalue weighted by atomic mass is 9.92. The molecule has 4 rings (SSSR count). The Bertz CT molecular complexity index is 768. The van der Waals surface area contributed by atoms with Crippen molar-refractivity contribution < 1.29 is 4.42 Å². The van der Waals surface area contributed by atoms with Gasteiger partial charge in [0.2, 0.25) is 0 Å². The summed E-state index contributed by atoms with van der Waals surface area (Å²) in [7, 11) is 0. The quantitative estimate of drug-likeness (QED) is 0.660. The van der Waals surface area contributed by atoms with Crippen molar-refractivity contribution >= 4 is 22.6 Å². The van der Waals surface area contributed by atoms with Crippen LogP contribution < -0.4 is 0 Å². The van der Waals surface area contributed by atoms with Gasteiger partial charge in [0, 0.05) is 17.4 Å². The number of benzene rings is 1. The Kier molecular flexibility index (Phi) is 2.66. The van der Waals surface area contributed by atoms with Crippen LogP contribution in [-0.4, -0.2) is 0 Å². The molecule has 2 aliphatic carbocycles. The third-order valence-electron chi connectivity index (χ3n) is 4.35. The summed E-state index contributed by atoms with van der Waals surface area (Å²) >= 11 is 0. The molecule has 0 saturated carbocycles. The molecular formula is C19H18O. The molecule has 0 radical (unpaired) electrons. The first-order chi connectivity index (χ1) is 9.81. The highest BCUT2D eigenvalue weighted by atomic mass is 16.3. The van der Waals surface area contributed by atoms with Gasteiger partial charge in [-0.15, -0.1) is 0 Å². The van der Waals surface area contributed by atoms with Crippen molar-refractivity contribution in [3.63, 3.8) is 0 Å². The van der Waals surface area contributed by atoms with Gasteiger partial charge in [-0.2, -0.15) is 0 Å². The number of hydrogen-bond donors (Lipinski definition) is 0.